The molecule has 4 atom stereocenters. The van der Waals surface area contributed by atoms with Crippen molar-refractivity contribution in [2.75, 3.05) is 14.2 Å². The zero-order chi connectivity index (χ0) is 12.1. The first-order chi connectivity index (χ1) is 8.35. The van der Waals surface area contributed by atoms with Gasteiger partial charge in [-0.15, -0.1) is 0 Å². The second kappa shape index (κ2) is 7.45. The SMILES string of the molecule is COC1CCCC[CH]1[Hg][CH]1CCCCC1OC. The summed E-state index contributed by atoms with van der Waals surface area (Å²) < 4.78 is 13.5. The van der Waals surface area contributed by atoms with Crippen LogP contribution in [0.1, 0.15) is 51.4 Å². The van der Waals surface area contributed by atoms with Gasteiger partial charge in [0.05, 0.1) is 0 Å². The third-order valence-corrected chi connectivity index (χ3v) is 16.9. The van der Waals surface area contributed by atoms with Crippen LogP contribution in [-0.4, -0.2) is 26.4 Å². The van der Waals surface area contributed by atoms with E-state index in [4.69, 9.17) is 9.47 Å². The second-order valence-corrected chi connectivity index (χ2v) is 15.9. The molecule has 0 bridgehead atoms. The zero-order valence-electron chi connectivity index (χ0n) is 11.5. The molecular formula is C14H26HgO2. The van der Waals surface area contributed by atoms with Crippen molar-refractivity contribution in [3.8, 4) is 0 Å². The summed E-state index contributed by atoms with van der Waals surface area (Å²) in [7, 11) is 3.84. The summed E-state index contributed by atoms with van der Waals surface area (Å²) in [6.45, 7) is 0. The number of ether oxygens (including phenoxy) is 2. The predicted octanol–water partition coefficient (Wildman–Crippen LogP) is 3.82. The molecule has 17 heavy (non-hydrogen) atoms. The van der Waals surface area contributed by atoms with Crippen LogP contribution < -0.4 is 0 Å². The summed E-state index contributed by atoms with van der Waals surface area (Å²) in [6, 6.07) is 0. The van der Waals surface area contributed by atoms with Crippen LogP contribution in [-0.2, 0) is 34.0 Å². The van der Waals surface area contributed by atoms with Crippen molar-refractivity contribution in [3.05, 3.63) is 0 Å². The maximum atomic E-state index is 5.73. The summed E-state index contributed by atoms with van der Waals surface area (Å²) in [6.07, 6.45) is 12.5. The molecular weight excluding hydrogens is 401 g/mol. The molecule has 4 unspecified atom stereocenters. The summed E-state index contributed by atoms with van der Waals surface area (Å²) in [5.41, 5.74) is 0. The molecule has 2 aliphatic carbocycles. The van der Waals surface area contributed by atoms with Gasteiger partial charge in [0.1, 0.15) is 0 Å². The van der Waals surface area contributed by atoms with Crippen LogP contribution in [0.4, 0.5) is 0 Å². The molecule has 0 spiro atoms. The normalized spacial score (nSPS) is 38.7. The molecule has 0 aliphatic heterocycles. The van der Waals surface area contributed by atoms with E-state index < -0.39 is 24.6 Å². The fourth-order valence-corrected chi connectivity index (χ4v) is 16.7. The number of rotatable bonds is 4. The van der Waals surface area contributed by atoms with E-state index in [0.717, 1.165) is 6.85 Å². The van der Waals surface area contributed by atoms with E-state index in [9.17, 15) is 0 Å². The van der Waals surface area contributed by atoms with Gasteiger partial charge in [-0.2, -0.15) is 0 Å². The zero-order valence-corrected chi connectivity index (χ0v) is 17.0. The van der Waals surface area contributed by atoms with Crippen molar-refractivity contribution < 1.29 is 34.0 Å². The number of hydrogen-bond acceptors (Lipinski definition) is 2. The Labute approximate surface area is 118 Å². The Morgan fingerprint density at radius 3 is 1.53 bits per heavy atom. The summed E-state index contributed by atoms with van der Waals surface area (Å²) in [5.74, 6) is 0. The van der Waals surface area contributed by atoms with E-state index in [-0.39, 0.29) is 0 Å². The Morgan fingerprint density at radius 1 is 0.706 bits per heavy atom. The molecule has 0 heterocycles. The van der Waals surface area contributed by atoms with Crippen molar-refractivity contribution >= 4 is 0 Å². The van der Waals surface area contributed by atoms with E-state index in [0.29, 0.717) is 12.2 Å². The van der Waals surface area contributed by atoms with Gasteiger partial charge in [-0.1, -0.05) is 0 Å². The molecule has 2 rings (SSSR count). The van der Waals surface area contributed by atoms with Gasteiger partial charge in [-0.05, 0) is 0 Å². The van der Waals surface area contributed by atoms with Crippen molar-refractivity contribution in [2.24, 2.45) is 0 Å². The van der Waals surface area contributed by atoms with Crippen LogP contribution in [0.15, 0.2) is 0 Å². The van der Waals surface area contributed by atoms with Gasteiger partial charge in [0.2, 0.25) is 0 Å². The average molecular weight is 427 g/mol. The minimum atomic E-state index is -0.874. The van der Waals surface area contributed by atoms with Crippen LogP contribution >= 0.6 is 0 Å². The molecule has 0 aromatic heterocycles. The molecule has 96 valence electrons. The second-order valence-electron chi connectivity index (χ2n) is 5.87. The molecule has 2 saturated carbocycles. The monoisotopic (exact) mass is 428 g/mol. The fourth-order valence-electron chi connectivity index (χ4n) is 3.90. The predicted molar refractivity (Wildman–Crippen MR) is 66.0 cm³/mol. The van der Waals surface area contributed by atoms with Gasteiger partial charge in [-0.3, -0.25) is 0 Å². The standard InChI is InChI=1S/2C7H13O.Hg/c2*1-8-7-5-3-2-4-6-7;/h2*5,7H,2-4,6H2,1H3;. The summed E-state index contributed by atoms with van der Waals surface area (Å²) in [4.78, 5) is 0. The third kappa shape index (κ3) is 3.91. The van der Waals surface area contributed by atoms with Crippen LogP contribution in [0.2, 0.25) is 6.85 Å². The van der Waals surface area contributed by atoms with Gasteiger partial charge in [-0.25, -0.2) is 0 Å². The topological polar surface area (TPSA) is 18.5 Å². The van der Waals surface area contributed by atoms with Crippen molar-refractivity contribution in [2.45, 2.75) is 70.4 Å². The average Bonchev–Trinajstić information content (AvgIpc) is 2.40. The first-order valence-corrected chi connectivity index (χ1v) is 13.8. The van der Waals surface area contributed by atoms with E-state index in [1.807, 2.05) is 14.2 Å². The van der Waals surface area contributed by atoms with Crippen molar-refractivity contribution in [3.63, 3.8) is 0 Å². The Kier molecular flexibility index (Phi) is 6.25. The minimum absolute atomic E-state index is 0.616. The Balaban J connectivity index is 1.88. The first kappa shape index (κ1) is 14.3. The number of hydrogen-bond donors (Lipinski definition) is 0. The van der Waals surface area contributed by atoms with Crippen molar-refractivity contribution in [1.29, 1.82) is 0 Å². The van der Waals surface area contributed by atoms with Crippen LogP contribution in [0.5, 0.6) is 0 Å². The molecule has 2 aliphatic rings. The van der Waals surface area contributed by atoms with Crippen LogP contribution in [0, 0.1) is 0 Å². The molecule has 0 aromatic carbocycles. The molecule has 0 aromatic rings. The van der Waals surface area contributed by atoms with Crippen LogP contribution in [0.25, 0.3) is 0 Å². The fraction of sp³-hybridized carbons (Fsp3) is 1.00. The Morgan fingerprint density at radius 2 is 1.12 bits per heavy atom. The quantitative estimate of drug-likeness (QED) is 0.636. The molecule has 2 fully saturated rings. The summed E-state index contributed by atoms with van der Waals surface area (Å²) >= 11 is -0.874. The Hall–Kier alpha value is 0.855. The van der Waals surface area contributed by atoms with Crippen LogP contribution in [0.3, 0.4) is 0 Å². The molecule has 2 nitrogen and oxygen atoms in total. The van der Waals surface area contributed by atoms with Gasteiger partial charge in [0.15, 0.2) is 0 Å². The molecule has 3 heteroatoms. The molecule has 0 saturated heterocycles. The van der Waals surface area contributed by atoms with E-state index in [1.54, 1.807) is 0 Å². The first-order valence-electron chi connectivity index (χ1n) is 7.40. The van der Waals surface area contributed by atoms with Gasteiger partial charge >= 0.3 is 119 Å². The molecule has 0 amide bonds. The van der Waals surface area contributed by atoms with Gasteiger partial charge in [0, 0.05) is 0 Å². The Bertz CT molecular complexity index is 200. The molecule has 0 N–H and O–H groups in total. The maximum absolute atomic E-state index is 5.73. The third-order valence-electron chi connectivity index (χ3n) is 4.89. The van der Waals surface area contributed by atoms with Crippen molar-refractivity contribution in [1.82, 2.24) is 0 Å². The van der Waals surface area contributed by atoms with E-state index in [1.165, 1.54) is 51.4 Å². The van der Waals surface area contributed by atoms with Gasteiger partial charge < -0.3 is 0 Å². The van der Waals surface area contributed by atoms with E-state index >= 15 is 0 Å². The summed E-state index contributed by atoms with van der Waals surface area (Å²) in [5, 5.41) is 0. The van der Waals surface area contributed by atoms with E-state index in [2.05, 4.69) is 0 Å². The molecule has 0 radical (unpaired) electrons. The van der Waals surface area contributed by atoms with Gasteiger partial charge in [0.25, 0.3) is 0 Å². The number of methoxy groups -OCH3 is 2.